The molecule has 0 saturated carbocycles. The summed E-state index contributed by atoms with van der Waals surface area (Å²) in [5.74, 6) is -0.307. The van der Waals surface area contributed by atoms with Gasteiger partial charge >= 0.3 is 0 Å². The van der Waals surface area contributed by atoms with Crippen molar-refractivity contribution in [1.82, 2.24) is 9.62 Å². The van der Waals surface area contributed by atoms with Crippen molar-refractivity contribution < 1.29 is 13.2 Å². The number of likely N-dealkylation sites (N-methyl/N-ethyl adjacent to an activating group) is 2. The van der Waals surface area contributed by atoms with Crippen LogP contribution >= 0.6 is 0 Å². The van der Waals surface area contributed by atoms with Crippen LogP contribution in [0.25, 0.3) is 0 Å². The second-order valence-electron chi connectivity index (χ2n) is 4.48. The minimum absolute atomic E-state index is 0.177. The van der Waals surface area contributed by atoms with Crippen LogP contribution in [0.3, 0.4) is 0 Å². The van der Waals surface area contributed by atoms with Gasteiger partial charge in [-0.05, 0) is 38.0 Å². The molecule has 1 rings (SSSR count). The molecule has 0 bridgehead atoms. The molecule has 0 aliphatic carbocycles. The van der Waals surface area contributed by atoms with Crippen molar-refractivity contribution in [3.63, 3.8) is 0 Å². The van der Waals surface area contributed by atoms with Crippen molar-refractivity contribution in [2.75, 3.05) is 20.1 Å². The van der Waals surface area contributed by atoms with Gasteiger partial charge in [-0.25, -0.2) is 8.42 Å². The van der Waals surface area contributed by atoms with E-state index >= 15 is 0 Å². The molecule has 0 unspecified atom stereocenters. The van der Waals surface area contributed by atoms with E-state index in [9.17, 15) is 13.2 Å². The zero-order valence-electron chi connectivity index (χ0n) is 11.7. The zero-order chi connectivity index (χ0) is 14.6. The summed E-state index contributed by atoms with van der Waals surface area (Å²) < 4.78 is 25.9. The molecule has 0 heterocycles. The number of sulfonamides is 1. The summed E-state index contributed by atoms with van der Waals surface area (Å²) in [5.41, 5.74) is 1.55. The molecule has 0 aromatic heterocycles. The fraction of sp³-hybridized carbons (Fsp3) is 0.462. The molecular weight excluding hydrogens is 264 g/mol. The van der Waals surface area contributed by atoms with Crippen LogP contribution in [0.2, 0.25) is 0 Å². The maximum absolute atomic E-state index is 12.4. The summed E-state index contributed by atoms with van der Waals surface area (Å²) in [4.78, 5) is 11.7. The summed E-state index contributed by atoms with van der Waals surface area (Å²) >= 11 is 0. The molecule has 1 N–H and O–H groups in total. The highest BCUT2D eigenvalue weighted by atomic mass is 32.2. The van der Waals surface area contributed by atoms with Gasteiger partial charge in [0.25, 0.3) is 0 Å². The zero-order valence-corrected chi connectivity index (χ0v) is 12.5. The lowest BCUT2D eigenvalue weighted by molar-refractivity contribution is -0.121. The van der Waals surface area contributed by atoms with E-state index in [1.165, 1.54) is 7.05 Å². The average Bonchev–Trinajstić information content (AvgIpc) is 2.32. The van der Waals surface area contributed by atoms with Crippen LogP contribution in [0.15, 0.2) is 23.1 Å². The van der Waals surface area contributed by atoms with Crippen molar-refractivity contribution in [3.8, 4) is 0 Å². The van der Waals surface area contributed by atoms with Gasteiger partial charge in [0.15, 0.2) is 0 Å². The SMILES string of the molecule is CCNC(=O)CN(C)S(=O)(=O)c1cc(C)ccc1C. The standard InChI is InChI=1S/C13H20N2O3S/c1-5-14-13(16)9-15(4)19(17,18)12-8-10(2)6-7-11(12)3/h6-8H,5,9H2,1-4H3,(H,14,16). The Balaban J connectivity index is 3.03. The Hall–Kier alpha value is -1.40. The molecule has 19 heavy (non-hydrogen) atoms. The summed E-state index contributed by atoms with van der Waals surface area (Å²) in [7, 11) is -2.22. The minimum Gasteiger partial charge on any atom is -0.355 e. The summed E-state index contributed by atoms with van der Waals surface area (Å²) in [6.07, 6.45) is 0. The largest absolute Gasteiger partial charge is 0.355 e. The van der Waals surface area contributed by atoms with E-state index < -0.39 is 10.0 Å². The first kappa shape index (κ1) is 15.7. The van der Waals surface area contributed by atoms with Gasteiger partial charge in [0.2, 0.25) is 15.9 Å². The topological polar surface area (TPSA) is 66.5 Å². The Morgan fingerprint density at radius 3 is 2.53 bits per heavy atom. The van der Waals surface area contributed by atoms with Crippen LogP contribution in [0, 0.1) is 13.8 Å². The maximum atomic E-state index is 12.4. The predicted octanol–water partition coefficient (Wildman–Crippen LogP) is 1.06. The number of hydrogen-bond donors (Lipinski definition) is 1. The average molecular weight is 284 g/mol. The number of aryl methyl sites for hydroxylation is 2. The third-order valence-corrected chi connectivity index (χ3v) is 4.72. The Bertz CT molecular complexity index is 567. The predicted molar refractivity (Wildman–Crippen MR) is 74.4 cm³/mol. The fourth-order valence-electron chi connectivity index (χ4n) is 1.69. The normalized spacial score (nSPS) is 11.6. The molecule has 0 atom stereocenters. The molecule has 0 fully saturated rings. The first-order valence-corrected chi connectivity index (χ1v) is 7.53. The number of nitrogens with one attached hydrogen (secondary N) is 1. The lowest BCUT2D eigenvalue weighted by atomic mass is 10.2. The Morgan fingerprint density at radius 1 is 1.32 bits per heavy atom. The first-order chi connectivity index (χ1) is 8.78. The van der Waals surface area contributed by atoms with Gasteiger partial charge in [-0.3, -0.25) is 4.79 Å². The summed E-state index contributed by atoms with van der Waals surface area (Å²) in [6.45, 7) is 5.67. The van der Waals surface area contributed by atoms with Crippen LogP contribution in [0.4, 0.5) is 0 Å². The molecule has 0 aliphatic heterocycles. The third kappa shape index (κ3) is 3.78. The number of carbonyl (C=O) groups is 1. The van der Waals surface area contributed by atoms with Gasteiger partial charge < -0.3 is 5.32 Å². The van der Waals surface area contributed by atoms with Gasteiger partial charge in [-0.15, -0.1) is 0 Å². The highest BCUT2D eigenvalue weighted by Crippen LogP contribution is 2.20. The third-order valence-electron chi connectivity index (χ3n) is 2.77. The Morgan fingerprint density at radius 2 is 1.95 bits per heavy atom. The van der Waals surface area contributed by atoms with Crippen molar-refractivity contribution in [2.45, 2.75) is 25.7 Å². The second kappa shape index (κ2) is 6.16. The van der Waals surface area contributed by atoms with E-state index in [4.69, 9.17) is 0 Å². The smallest absolute Gasteiger partial charge is 0.243 e. The van der Waals surface area contributed by atoms with E-state index in [1.807, 2.05) is 13.0 Å². The van der Waals surface area contributed by atoms with Crippen LogP contribution in [0.1, 0.15) is 18.1 Å². The number of nitrogens with zero attached hydrogens (tertiary/aromatic N) is 1. The van der Waals surface area contributed by atoms with Crippen molar-refractivity contribution in [2.24, 2.45) is 0 Å². The number of rotatable bonds is 5. The first-order valence-electron chi connectivity index (χ1n) is 6.09. The second-order valence-corrected chi connectivity index (χ2v) is 6.50. The number of amides is 1. The van der Waals surface area contributed by atoms with Gasteiger partial charge in [0, 0.05) is 13.6 Å². The lowest BCUT2D eigenvalue weighted by Crippen LogP contribution is -2.38. The Labute approximate surface area is 114 Å². The van der Waals surface area contributed by atoms with Crippen LogP contribution in [-0.4, -0.2) is 38.8 Å². The molecule has 1 amide bonds. The molecular formula is C13H20N2O3S. The highest BCUT2D eigenvalue weighted by molar-refractivity contribution is 7.89. The summed E-state index contributed by atoms with van der Waals surface area (Å²) in [5, 5.41) is 2.58. The molecule has 1 aromatic rings. The summed E-state index contributed by atoms with van der Waals surface area (Å²) in [6, 6.07) is 5.25. The quantitative estimate of drug-likeness (QED) is 0.879. The van der Waals surface area contributed by atoms with Gasteiger partial charge in [-0.2, -0.15) is 4.31 Å². The fourth-order valence-corrected chi connectivity index (χ4v) is 3.13. The Kier molecular flexibility index (Phi) is 5.08. The van der Waals surface area contributed by atoms with Crippen LogP contribution in [0.5, 0.6) is 0 Å². The van der Waals surface area contributed by atoms with Gasteiger partial charge in [-0.1, -0.05) is 12.1 Å². The van der Waals surface area contributed by atoms with Crippen molar-refractivity contribution >= 4 is 15.9 Å². The monoisotopic (exact) mass is 284 g/mol. The van der Waals surface area contributed by atoms with E-state index in [0.29, 0.717) is 12.1 Å². The molecule has 0 spiro atoms. The molecule has 6 heteroatoms. The number of carbonyl (C=O) groups excluding carboxylic acids is 1. The maximum Gasteiger partial charge on any atom is 0.243 e. The molecule has 1 aromatic carbocycles. The van der Waals surface area contributed by atoms with Crippen molar-refractivity contribution in [3.05, 3.63) is 29.3 Å². The van der Waals surface area contributed by atoms with Gasteiger partial charge in [0.1, 0.15) is 0 Å². The molecule has 0 radical (unpaired) electrons. The minimum atomic E-state index is -3.63. The highest BCUT2D eigenvalue weighted by Gasteiger charge is 2.24. The van der Waals surface area contributed by atoms with E-state index in [2.05, 4.69) is 5.32 Å². The van der Waals surface area contributed by atoms with Crippen molar-refractivity contribution in [1.29, 1.82) is 0 Å². The van der Waals surface area contributed by atoms with E-state index in [1.54, 1.807) is 26.0 Å². The van der Waals surface area contributed by atoms with E-state index in [-0.39, 0.29) is 17.3 Å². The van der Waals surface area contributed by atoms with E-state index in [0.717, 1.165) is 9.87 Å². The molecule has 0 saturated heterocycles. The molecule has 5 nitrogen and oxygen atoms in total. The number of hydrogen-bond acceptors (Lipinski definition) is 3. The lowest BCUT2D eigenvalue weighted by Gasteiger charge is -2.18. The number of benzene rings is 1. The van der Waals surface area contributed by atoms with Gasteiger partial charge in [0.05, 0.1) is 11.4 Å². The van der Waals surface area contributed by atoms with Crippen LogP contribution < -0.4 is 5.32 Å². The molecule has 106 valence electrons. The molecule has 0 aliphatic rings. The van der Waals surface area contributed by atoms with Crippen LogP contribution in [-0.2, 0) is 14.8 Å².